The maximum Gasteiger partial charge on any atom is 0.163 e. The second-order valence-corrected chi connectivity index (χ2v) is 4.78. The topological polar surface area (TPSA) is 43.1 Å². The third-order valence-corrected chi connectivity index (χ3v) is 3.24. The van der Waals surface area contributed by atoms with E-state index in [9.17, 15) is 4.79 Å². The number of nitrogens with two attached hydrogens (primary N) is 1. The van der Waals surface area contributed by atoms with Crippen molar-refractivity contribution < 1.29 is 4.79 Å². The van der Waals surface area contributed by atoms with E-state index in [0.29, 0.717) is 6.42 Å². The summed E-state index contributed by atoms with van der Waals surface area (Å²) >= 11 is 0. The summed E-state index contributed by atoms with van der Waals surface area (Å²) in [4.78, 5) is 12.3. The first-order chi connectivity index (χ1) is 9.18. The van der Waals surface area contributed by atoms with E-state index in [0.717, 1.165) is 17.5 Å². The average Bonchev–Trinajstić information content (AvgIpc) is 2.46. The number of benzene rings is 2. The van der Waals surface area contributed by atoms with Gasteiger partial charge in [0.15, 0.2) is 5.78 Å². The van der Waals surface area contributed by atoms with E-state index in [1.165, 1.54) is 5.56 Å². The van der Waals surface area contributed by atoms with Gasteiger partial charge in [-0.2, -0.15) is 0 Å². The number of aryl methyl sites for hydroxylation is 1. The van der Waals surface area contributed by atoms with Gasteiger partial charge in [-0.1, -0.05) is 54.6 Å². The molecule has 0 radical (unpaired) electrons. The number of hydrogen-bond donors (Lipinski definition) is 1. The third kappa shape index (κ3) is 3.52. The Bertz CT molecular complexity index is 546. The Kier molecular flexibility index (Phi) is 4.48. The molecule has 0 amide bonds. The Balaban J connectivity index is 2.08. The molecule has 0 aliphatic heterocycles. The lowest BCUT2D eigenvalue weighted by Crippen LogP contribution is -2.12. The second kappa shape index (κ2) is 6.30. The molecule has 2 aromatic rings. The SMILES string of the molecule is CC(N)c1ccccc1C(=O)CCc1ccccc1. The van der Waals surface area contributed by atoms with Crippen LogP contribution in [0.25, 0.3) is 0 Å². The van der Waals surface area contributed by atoms with Gasteiger partial charge in [0.25, 0.3) is 0 Å². The van der Waals surface area contributed by atoms with E-state index in [-0.39, 0.29) is 11.8 Å². The van der Waals surface area contributed by atoms with Gasteiger partial charge in [-0.15, -0.1) is 0 Å². The minimum absolute atomic E-state index is 0.114. The van der Waals surface area contributed by atoms with Crippen LogP contribution in [0, 0.1) is 0 Å². The van der Waals surface area contributed by atoms with Crippen molar-refractivity contribution in [1.82, 2.24) is 0 Å². The van der Waals surface area contributed by atoms with Gasteiger partial charge in [0.05, 0.1) is 0 Å². The smallest absolute Gasteiger partial charge is 0.163 e. The Morgan fingerprint density at radius 1 is 1.05 bits per heavy atom. The molecule has 19 heavy (non-hydrogen) atoms. The van der Waals surface area contributed by atoms with Crippen molar-refractivity contribution in [3.8, 4) is 0 Å². The van der Waals surface area contributed by atoms with Gasteiger partial charge >= 0.3 is 0 Å². The van der Waals surface area contributed by atoms with Crippen LogP contribution in [0.2, 0.25) is 0 Å². The predicted octanol–water partition coefficient (Wildman–Crippen LogP) is 3.52. The summed E-state index contributed by atoms with van der Waals surface area (Å²) < 4.78 is 0. The van der Waals surface area contributed by atoms with Crippen molar-refractivity contribution in [2.75, 3.05) is 0 Å². The Morgan fingerprint density at radius 2 is 1.68 bits per heavy atom. The largest absolute Gasteiger partial charge is 0.324 e. The molecular weight excluding hydrogens is 234 g/mol. The molecule has 1 atom stereocenters. The highest BCUT2D eigenvalue weighted by atomic mass is 16.1. The number of rotatable bonds is 5. The number of carbonyl (C=O) groups is 1. The van der Waals surface area contributed by atoms with Gasteiger partial charge in [0, 0.05) is 18.0 Å². The summed E-state index contributed by atoms with van der Waals surface area (Å²) in [6, 6.07) is 17.6. The van der Waals surface area contributed by atoms with Gasteiger partial charge in [0.1, 0.15) is 0 Å². The molecule has 0 bridgehead atoms. The summed E-state index contributed by atoms with van der Waals surface area (Å²) in [6.45, 7) is 1.91. The maximum absolute atomic E-state index is 12.3. The van der Waals surface area contributed by atoms with Crippen LogP contribution < -0.4 is 5.73 Å². The third-order valence-electron chi connectivity index (χ3n) is 3.24. The molecule has 0 saturated carbocycles. The number of ketones is 1. The zero-order chi connectivity index (χ0) is 13.7. The first-order valence-electron chi connectivity index (χ1n) is 6.60. The van der Waals surface area contributed by atoms with Crippen molar-refractivity contribution in [1.29, 1.82) is 0 Å². The zero-order valence-corrected chi connectivity index (χ0v) is 11.2. The van der Waals surface area contributed by atoms with Gasteiger partial charge in [-0.25, -0.2) is 0 Å². The second-order valence-electron chi connectivity index (χ2n) is 4.78. The lowest BCUT2D eigenvalue weighted by atomic mass is 9.95. The van der Waals surface area contributed by atoms with Crippen molar-refractivity contribution in [2.24, 2.45) is 5.73 Å². The molecule has 2 heteroatoms. The number of carbonyl (C=O) groups excluding carboxylic acids is 1. The fourth-order valence-corrected chi connectivity index (χ4v) is 2.19. The highest BCUT2D eigenvalue weighted by molar-refractivity contribution is 5.97. The molecule has 0 spiro atoms. The summed E-state index contributed by atoms with van der Waals surface area (Å²) in [6.07, 6.45) is 1.29. The Labute approximate surface area is 114 Å². The van der Waals surface area contributed by atoms with Gasteiger partial charge < -0.3 is 5.73 Å². The molecule has 1 unspecified atom stereocenters. The van der Waals surface area contributed by atoms with E-state index >= 15 is 0 Å². The summed E-state index contributed by atoms with van der Waals surface area (Å²) in [5.41, 5.74) is 8.79. The zero-order valence-electron chi connectivity index (χ0n) is 11.2. The number of hydrogen-bond acceptors (Lipinski definition) is 2. The fraction of sp³-hybridized carbons (Fsp3) is 0.235. The van der Waals surface area contributed by atoms with Crippen LogP contribution in [0.15, 0.2) is 54.6 Å². The van der Waals surface area contributed by atoms with Gasteiger partial charge in [0.2, 0.25) is 0 Å². The summed E-state index contributed by atoms with van der Waals surface area (Å²) in [7, 11) is 0. The van der Waals surface area contributed by atoms with E-state index in [1.54, 1.807) is 0 Å². The molecular formula is C17H19NO. The molecule has 0 heterocycles. The standard InChI is InChI=1S/C17H19NO/c1-13(18)15-9-5-6-10-16(15)17(19)12-11-14-7-3-2-4-8-14/h2-10,13H,11-12,18H2,1H3. The molecule has 0 aromatic heterocycles. The van der Waals surface area contributed by atoms with E-state index < -0.39 is 0 Å². The molecule has 2 aromatic carbocycles. The minimum atomic E-state index is -0.114. The van der Waals surface area contributed by atoms with Crippen molar-refractivity contribution in [3.63, 3.8) is 0 Å². The lowest BCUT2D eigenvalue weighted by Gasteiger charge is -2.11. The first kappa shape index (κ1) is 13.5. The van der Waals surface area contributed by atoms with Gasteiger partial charge in [-0.3, -0.25) is 4.79 Å². The van der Waals surface area contributed by atoms with Crippen molar-refractivity contribution >= 4 is 5.78 Å². The van der Waals surface area contributed by atoms with E-state index in [1.807, 2.05) is 61.5 Å². The molecule has 2 rings (SSSR count). The van der Waals surface area contributed by atoms with Gasteiger partial charge in [-0.05, 0) is 24.5 Å². The predicted molar refractivity (Wildman–Crippen MR) is 78.1 cm³/mol. The van der Waals surface area contributed by atoms with Crippen LogP contribution in [0.4, 0.5) is 0 Å². The normalized spacial score (nSPS) is 12.1. The minimum Gasteiger partial charge on any atom is -0.324 e. The monoisotopic (exact) mass is 253 g/mol. The molecule has 2 nitrogen and oxygen atoms in total. The first-order valence-corrected chi connectivity index (χ1v) is 6.60. The van der Waals surface area contributed by atoms with Crippen LogP contribution in [-0.4, -0.2) is 5.78 Å². The molecule has 0 aliphatic rings. The van der Waals surface area contributed by atoms with E-state index in [4.69, 9.17) is 5.73 Å². The molecule has 98 valence electrons. The van der Waals surface area contributed by atoms with Crippen molar-refractivity contribution in [3.05, 3.63) is 71.3 Å². The highest BCUT2D eigenvalue weighted by Crippen LogP contribution is 2.18. The quantitative estimate of drug-likeness (QED) is 0.828. The number of Topliss-reactive ketones (excluding diaryl/α,β-unsaturated/α-hetero) is 1. The molecule has 0 aliphatic carbocycles. The van der Waals surface area contributed by atoms with Crippen LogP contribution in [0.5, 0.6) is 0 Å². The summed E-state index contributed by atoms with van der Waals surface area (Å²) in [5.74, 6) is 0.164. The molecule has 0 fully saturated rings. The van der Waals surface area contributed by atoms with E-state index in [2.05, 4.69) is 0 Å². The summed E-state index contributed by atoms with van der Waals surface area (Å²) in [5, 5.41) is 0. The maximum atomic E-state index is 12.3. The van der Waals surface area contributed by atoms with Crippen LogP contribution >= 0.6 is 0 Å². The van der Waals surface area contributed by atoms with Crippen molar-refractivity contribution in [2.45, 2.75) is 25.8 Å². The Hall–Kier alpha value is -1.93. The van der Waals surface area contributed by atoms with Crippen LogP contribution in [0.3, 0.4) is 0 Å². The lowest BCUT2D eigenvalue weighted by molar-refractivity contribution is 0.0981. The van der Waals surface area contributed by atoms with Crippen LogP contribution in [-0.2, 0) is 6.42 Å². The average molecular weight is 253 g/mol. The molecule has 0 saturated heterocycles. The molecule has 2 N–H and O–H groups in total. The highest BCUT2D eigenvalue weighted by Gasteiger charge is 2.13. The fourth-order valence-electron chi connectivity index (χ4n) is 2.19. The Morgan fingerprint density at radius 3 is 2.37 bits per heavy atom. The van der Waals surface area contributed by atoms with Crippen LogP contribution in [0.1, 0.15) is 40.9 Å².